The summed E-state index contributed by atoms with van der Waals surface area (Å²) < 4.78 is 16.5. The van der Waals surface area contributed by atoms with E-state index >= 15 is 0 Å². The number of carbonyl (C=O) groups is 1. The molecule has 0 bridgehead atoms. The van der Waals surface area contributed by atoms with E-state index in [2.05, 4.69) is 20.2 Å². The molecule has 0 aliphatic carbocycles. The molecule has 2 aromatic heterocycles. The summed E-state index contributed by atoms with van der Waals surface area (Å²) in [5.41, 5.74) is 1.77. The zero-order valence-electron chi connectivity index (χ0n) is 17.2. The van der Waals surface area contributed by atoms with Crippen LogP contribution in [0.4, 0.5) is 0 Å². The zero-order valence-corrected chi connectivity index (χ0v) is 17.2. The molecule has 1 aliphatic rings. The molecule has 1 saturated heterocycles. The maximum Gasteiger partial charge on any atom is 0.267 e. The van der Waals surface area contributed by atoms with Crippen LogP contribution in [0.3, 0.4) is 0 Å². The highest BCUT2D eigenvalue weighted by Crippen LogP contribution is 2.34. The first kappa shape index (κ1) is 19.8. The number of ether oxygens (including phenoxy) is 2. The minimum atomic E-state index is -0.308. The molecule has 3 heterocycles. The van der Waals surface area contributed by atoms with Gasteiger partial charge in [0.2, 0.25) is 5.89 Å². The second kappa shape index (κ2) is 8.48. The molecule has 0 N–H and O–H groups in total. The van der Waals surface area contributed by atoms with Gasteiger partial charge in [-0.2, -0.15) is 0 Å². The van der Waals surface area contributed by atoms with Crippen LogP contribution in [0, 0.1) is 6.92 Å². The fourth-order valence-electron chi connectivity index (χ4n) is 3.54. The van der Waals surface area contributed by atoms with Crippen molar-refractivity contribution < 1.29 is 18.7 Å². The number of carbonyl (C=O) groups excluding carboxylic acids is 1. The van der Waals surface area contributed by atoms with E-state index in [1.54, 1.807) is 42.6 Å². The van der Waals surface area contributed by atoms with Crippen molar-refractivity contribution in [3.63, 3.8) is 0 Å². The molecule has 0 spiro atoms. The van der Waals surface area contributed by atoms with E-state index in [0.717, 1.165) is 25.0 Å². The van der Waals surface area contributed by atoms with Gasteiger partial charge in [0, 0.05) is 18.8 Å². The average Bonchev–Trinajstić information content (AvgIpc) is 3.28. The van der Waals surface area contributed by atoms with Crippen molar-refractivity contribution in [2.75, 3.05) is 20.8 Å². The molecule has 1 unspecified atom stereocenters. The number of hydrogen-bond acceptors (Lipinski definition) is 8. The van der Waals surface area contributed by atoms with Gasteiger partial charge in [-0.3, -0.25) is 9.78 Å². The van der Waals surface area contributed by atoms with E-state index in [1.807, 2.05) is 6.92 Å². The third-order valence-electron chi connectivity index (χ3n) is 5.13. The minimum Gasteiger partial charge on any atom is -0.497 e. The summed E-state index contributed by atoms with van der Waals surface area (Å²) in [6.07, 6.45) is 5.86. The second-order valence-corrected chi connectivity index (χ2v) is 7.06. The lowest BCUT2D eigenvalue weighted by atomic mass is 10.0. The molecule has 4 rings (SSSR count). The number of methoxy groups -OCH3 is 2. The maximum absolute atomic E-state index is 13.4. The van der Waals surface area contributed by atoms with Crippen LogP contribution in [-0.2, 0) is 0 Å². The number of aromatic nitrogens is 4. The minimum absolute atomic E-state index is 0.144. The number of likely N-dealkylation sites (tertiary alicyclic amines) is 1. The molecule has 156 valence electrons. The topological polar surface area (TPSA) is 103 Å². The van der Waals surface area contributed by atoms with Crippen molar-refractivity contribution in [2.45, 2.75) is 32.2 Å². The Morgan fingerprint density at radius 2 is 2.00 bits per heavy atom. The third-order valence-corrected chi connectivity index (χ3v) is 5.13. The number of hydrogen-bond donors (Lipinski definition) is 0. The van der Waals surface area contributed by atoms with Gasteiger partial charge in [0.1, 0.15) is 23.2 Å². The van der Waals surface area contributed by atoms with Crippen molar-refractivity contribution in [3.05, 3.63) is 47.7 Å². The Hall–Kier alpha value is -3.49. The Balaban J connectivity index is 1.62. The largest absolute Gasteiger partial charge is 0.497 e. The average molecular weight is 409 g/mol. The number of aryl methyl sites for hydroxylation is 1. The van der Waals surface area contributed by atoms with Crippen LogP contribution < -0.4 is 9.47 Å². The number of rotatable bonds is 5. The summed E-state index contributed by atoms with van der Waals surface area (Å²) in [5, 5.41) is 8.32. The second-order valence-electron chi connectivity index (χ2n) is 7.06. The monoisotopic (exact) mass is 409 g/mol. The fourth-order valence-corrected chi connectivity index (χ4v) is 3.54. The Bertz CT molecular complexity index is 1030. The predicted molar refractivity (Wildman–Crippen MR) is 107 cm³/mol. The lowest BCUT2D eigenvalue weighted by Gasteiger charge is -2.33. The maximum atomic E-state index is 13.4. The molecule has 9 heteroatoms. The zero-order chi connectivity index (χ0) is 21.1. The van der Waals surface area contributed by atoms with E-state index in [9.17, 15) is 4.79 Å². The third kappa shape index (κ3) is 3.83. The SMILES string of the molecule is COc1ccc(C(=O)N2CCCCC2c2nnc(-c3cnc(C)cn3)o2)c(OC)c1. The first-order valence-corrected chi connectivity index (χ1v) is 9.76. The quantitative estimate of drug-likeness (QED) is 0.633. The molecule has 0 saturated carbocycles. The van der Waals surface area contributed by atoms with Crippen LogP contribution in [0.25, 0.3) is 11.6 Å². The lowest BCUT2D eigenvalue weighted by Crippen LogP contribution is -2.38. The van der Waals surface area contributed by atoms with Crippen molar-refractivity contribution in [3.8, 4) is 23.1 Å². The van der Waals surface area contributed by atoms with Gasteiger partial charge in [-0.15, -0.1) is 10.2 Å². The van der Waals surface area contributed by atoms with Gasteiger partial charge < -0.3 is 18.8 Å². The van der Waals surface area contributed by atoms with Gasteiger partial charge in [0.15, 0.2) is 0 Å². The van der Waals surface area contributed by atoms with Gasteiger partial charge >= 0.3 is 0 Å². The standard InChI is InChI=1S/C21H23N5O4/c1-13-11-23-16(12-22-13)19-24-25-20(30-19)17-6-4-5-9-26(17)21(27)15-8-7-14(28-2)10-18(15)29-3/h7-8,10-12,17H,4-6,9H2,1-3H3. The highest BCUT2D eigenvalue weighted by Gasteiger charge is 2.34. The van der Waals surface area contributed by atoms with Gasteiger partial charge in [-0.1, -0.05) is 0 Å². The highest BCUT2D eigenvalue weighted by atomic mass is 16.5. The highest BCUT2D eigenvalue weighted by molar-refractivity contribution is 5.97. The molecule has 1 aromatic carbocycles. The number of benzene rings is 1. The van der Waals surface area contributed by atoms with Crippen molar-refractivity contribution in [2.24, 2.45) is 0 Å². The van der Waals surface area contributed by atoms with Gasteiger partial charge in [-0.05, 0) is 38.3 Å². The summed E-state index contributed by atoms with van der Waals surface area (Å²) in [6, 6.07) is 4.85. The Morgan fingerprint density at radius 1 is 1.13 bits per heavy atom. The van der Waals surface area contributed by atoms with Crippen LogP contribution in [-0.4, -0.2) is 51.7 Å². The molecule has 30 heavy (non-hydrogen) atoms. The Labute approximate surface area is 174 Å². The first-order valence-electron chi connectivity index (χ1n) is 9.76. The van der Waals surface area contributed by atoms with Crippen LogP contribution in [0.2, 0.25) is 0 Å². The van der Waals surface area contributed by atoms with Crippen molar-refractivity contribution in [1.29, 1.82) is 0 Å². The molecular formula is C21H23N5O4. The van der Waals surface area contributed by atoms with Crippen molar-refractivity contribution >= 4 is 5.91 Å². The van der Waals surface area contributed by atoms with Crippen molar-refractivity contribution in [1.82, 2.24) is 25.1 Å². The van der Waals surface area contributed by atoms with E-state index in [4.69, 9.17) is 13.9 Å². The summed E-state index contributed by atoms with van der Waals surface area (Å²) in [4.78, 5) is 23.6. The number of piperidine rings is 1. The Morgan fingerprint density at radius 3 is 2.73 bits per heavy atom. The molecule has 1 amide bonds. The normalized spacial score (nSPS) is 16.4. The van der Waals surface area contributed by atoms with E-state index in [-0.39, 0.29) is 17.8 Å². The van der Waals surface area contributed by atoms with Crippen LogP contribution >= 0.6 is 0 Å². The van der Waals surface area contributed by atoms with Crippen LogP contribution in [0.5, 0.6) is 11.5 Å². The van der Waals surface area contributed by atoms with Gasteiger partial charge in [0.25, 0.3) is 11.8 Å². The van der Waals surface area contributed by atoms with Crippen LogP contribution in [0.15, 0.2) is 35.0 Å². The van der Waals surface area contributed by atoms with E-state index in [0.29, 0.717) is 35.2 Å². The number of nitrogens with zero attached hydrogens (tertiary/aromatic N) is 5. The first-order chi connectivity index (χ1) is 14.6. The van der Waals surface area contributed by atoms with Gasteiger partial charge in [-0.25, -0.2) is 4.98 Å². The number of amides is 1. The molecule has 3 aromatic rings. The smallest absolute Gasteiger partial charge is 0.267 e. The summed E-state index contributed by atoms with van der Waals surface area (Å²) >= 11 is 0. The molecule has 1 aliphatic heterocycles. The molecular weight excluding hydrogens is 386 g/mol. The van der Waals surface area contributed by atoms with E-state index in [1.165, 1.54) is 7.11 Å². The van der Waals surface area contributed by atoms with Gasteiger partial charge in [0.05, 0.1) is 31.7 Å². The summed E-state index contributed by atoms with van der Waals surface area (Å²) in [6.45, 7) is 2.45. The molecule has 1 atom stereocenters. The summed E-state index contributed by atoms with van der Waals surface area (Å²) in [7, 11) is 3.11. The molecule has 0 radical (unpaired) electrons. The van der Waals surface area contributed by atoms with E-state index < -0.39 is 0 Å². The van der Waals surface area contributed by atoms with Crippen LogP contribution in [0.1, 0.15) is 47.2 Å². The fraction of sp³-hybridized carbons (Fsp3) is 0.381. The molecule has 9 nitrogen and oxygen atoms in total. The molecule has 1 fully saturated rings. The summed E-state index contributed by atoms with van der Waals surface area (Å²) in [5.74, 6) is 1.63. The predicted octanol–water partition coefficient (Wildman–Crippen LogP) is 3.22. The lowest BCUT2D eigenvalue weighted by molar-refractivity contribution is 0.0569. The Kier molecular flexibility index (Phi) is 5.60.